The fourth-order valence-electron chi connectivity index (χ4n) is 10.1. The highest BCUT2D eigenvalue weighted by Crippen LogP contribution is 2.71. The van der Waals surface area contributed by atoms with Gasteiger partial charge in [-0.25, -0.2) is 0 Å². The number of ether oxygens (including phenoxy) is 1. The van der Waals surface area contributed by atoms with Crippen LogP contribution in [0, 0.1) is 17.8 Å². The quantitative estimate of drug-likeness (QED) is 0.552. The molecule has 8 rings (SSSR count). The van der Waals surface area contributed by atoms with E-state index < -0.39 is 0 Å². The molecule has 5 nitrogen and oxygen atoms in total. The Morgan fingerprint density at radius 2 is 2.00 bits per heavy atom. The summed E-state index contributed by atoms with van der Waals surface area (Å²) in [7, 11) is 2.24. The van der Waals surface area contributed by atoms with Gasteiger partial charge >= 0.3 is 0 Å². The first-order chi connectivity index (χ1) is 15.1. The van der Waals surface area contributed by atoms with Gasteiger partial charge < -0.3 is 36.8 Å². The van der Waals surface area contributed by atoms with Crippen LogP contribution in [-0.2, 0) is 10.2 Å². The molecular formula is C26H37BrN2O3. The van der Waals surface area contributed by atoms with E-state index in [2.05, 4.69) is 43.1 Å². The van der Waals surface area contributed by atoms with Crippen molar-refractivity contribution in [3.05, 3.63) is 29.8 Å². The second-order valence-electron chi connectivity index (χ2n) is 11.5. The maximum absolute atomic E-state index is 12.1. The molecule has 1 aliphatic carbocycles. The van der Waals surface area contributed by atoms with E-state index in [-0.39, 0.29) is 46.9 Å². The minimum atomic E-state index is -0.319. The fourth-order valence-corrected chi connectivity index (χ4v) is 10.1. The number of halogens is 1. The maximum Gasteiger partial charge on any atom is 0.194 e. The topological polar surface area (TPSA) is 52.9 Å². The number of aliphatic hydroxyl groups excluding tert-OH is 2. The van der Waals surface area contributed by atoms with E-state index in [0.29, 0.717) is 29.8 Å². The molecule has 7 aliphatic rings. The lowest BCUT2D eigenvalue weighted by atomic mass is 9.60. The van der Waals surface area contributed by atoms with Gasteiger partial charge in [0.05, 0.1) is 23.6 Å². The molecular weight excluding hydrogens is 468 g/mol. The summed E-state index contributed by atoms with van der Waals surface area (Å²) in [6, 6.07) is 9.80. The van der Waals surface area contributed by atoms with Crippen LogP contribution in [0.5, 0.6) is 0 Å². The number of hydrogen-bond acceptors (Lipinski definition) is 4. The van der Waals surface area contributed by atoms with Gasteiger partial charge in [0.1, 0.15) is 18.7 Å². The zero-order valence-electron chi connectivity index (χ0n) is 19.2. The minimum absolute atomic E-state index is 0. The van der Waals surface area contributed by atoms with Crippen LogP contribution < -0.4 is 21.9 Å². The summed E-state index contributed by atoms with van der Waals surface area (Å²) in [5.74, 6) is 1.05. The van der Waals surface area contributed by atoms with Crippen molar-refractivity contribution in [1.82, 2.24) is 0 Å². The van der Waals surface area contributed by atoms with Crippen LogP contribution in [-0.4, -0.2) is 71.5 Å². The van der Waals surface area contributed by atoms with Crippen LogP contribution in [0.25, 0.3) is 0 Å². The summed E-state index contributed by atoms with van der Waals surface area (Å²) in [6.45, 7) is 4.03. The highest BCUT2D eigenvalue weighted by molar-refractivity contribution is 5.66. The molecule has 6 heterocycles. The van der Waals surface area contributed by atoms with Gasteiger partial charge in [-0.2, -0.15) is 0 Å². The van der Waals surface area contributed by atoms with Crippen molar-refractivity contribution < 1.29 is 36.4 Å². The van der Waals surface area contributed by atoms with Gasteiger partial charge in [0, 0.05) is 44.0 Å². The molecule has 1 aromatic carbocycles. The van der Waals surface area contributed by atoms with E-state index in [1.54, 1.807) is 0 Å². The molecule has 1 aromatic rings. The molecule has 6 heteroatoms. The predicted molar refractivity (Wildman–Crippen MR) is 119 cm³/mol. The van der Waals surface area contributed by atoms with Crippen LogP contribution in [0.4, 0.5) is 5.69 Å². The Bertz CT molecular complexity index is 909. The van der Waals surface area contributed by atoms with Gasteiger partial charge in [0.25, 0.3) is 0 Å². The molecule has 0 aromatic heterocycles. The number of quaternary nitrogens is 1. The highest BCUT2D eigenvalue weighted by atomic mass is 79.9. The van der Waals surface area contributed by atoms with E-state index in [1.165, 1.54) is 17.7 Å². The monoisotopic (exact) mass is 504 g/mol. The number of rotatable bonds is 3. The first-order valence-electron chi connectivity index (χ1n) is 12.7. The zero-order chi connectivity index (χ0) is 21.1. The molecule has 0 radical (unpaired) electrons. The maximum atomic E-state index is 12.1. The predicted octanol–water partition coefficient (Wildman–Crippen LogP) is -0.358. The van der Waals surface area contributed by atoms with Crippen molar-refractivity contribution in [2.45, 2.75) is 87.4 Å². The largest absolute Gasteiger partial charge is 1.00 e. The van der Waals surface area contributed by atoms with Crippen molar-refractivity contribution in [2.24, 2.45) is 17.8 Å². The van der Waals surface area contributed by atoms with E-state index in [4.69, 9.17) is 4.74 Å². The molecule has 176 valence electrons. The lowest BCUT2D eigenvalue weighted by Gasteiger charge is -2.68. The standard InChI is InChI=1S/C26H37N2O3.BrH/c1-3-16-17-12-20-23-26(18-9-4-5-10-19(18)27(23)2)13-21(22(17)24(26)29)28(20,25(16)30)14-15-8-6-7-11-31-15;/h4-5,9-10,15-17,20-25,29-30H,3,6-8,11-14H2,1-2H3;1H/q+1;/p-1/t15?,16-,17-,20?,21-,22?,23-,24-,25+,26?,28?;/m0./s1. The lowest BCUT2D eigenvalue weighted by molar-refractivity contribution is -1.04. The van der Waals surface area contributed by atoms with E-state index in [1.807, 2.05) is 0 Å². The summed E-state index contributed by atoms with van der Waals surface area (Å²) in [5.41, 5.74) is 2.49. The second kappa shape index (κ2) is 7.17. The zero-order valence-corrected chi connectivity index (χ0v) is 20.8. The number of aliphatic hydroxyl groups is 2. The van der Waals surface area contributed by atoms with Crippen LogP contribution in [0.3, 0.4) is 0 Å². The van der Waals surface area contributed by atoms with Crippen LogP contribution in [0.2, 0.25) is 0 Å². The summed E-state index contributed by atoms with van der Waals surface area (Å²) >= 11 is 0. The Labute approximate surface area is 202 Å². The molecule has 6 aliphatic heterocycles. The van der Waals surface area contributed by atoms with Crippen LogP contribution >= 0.6 is 0 Å². The third-order valence-corrected chi connectivity index (χ3v) is 10.9. The molecule has 11 atom stereocenters. The van der Waals surface area contributed by atoms with Gasteiger partial charge in [-0.3, -0.25) is 4.48 Å². The Balaban J connectivity index is 0.00000196. The molecule has 1 saturated carbocycles. The Morgan fingerprint density at radius 3 is 2.75 bits per heavy atom. The van der Waals surface area contributed by atoms with Crippen molar-refractivity contribution in [3.63, 3.8) is 0 Å². The average molecular weight is 505 g/mol. The third-order valence-electron chi connectivity index (χ3n) is 10.9. The molecule has 1 spiro atoms. The first kappa shape index (κ1) is 21.8. The van der Waals surface area contributed by atoms with E-state index in [0.717, 1.165) is 49.7 Å². The number of likely N-dealkylation sites (N-methyl/N-ethyl adjacent to an activating group) is 1. The van der Waals surface area contributed by atoms with Gasteiger partial charge in [0.15, 0.2) is 6.23 Å². The van der Waals surface area contributed by atoms with Crippen LogP contribution in [0.15, 0.2) is 24.3 Å². The highest BCUT2D eigenvalue weighted by Gasteiger charge is 2.83. The van der Waals surface area contributed by atoms with Gasteiger partial charge in [-0.1, -0.05) is 25.1 Å². The van der Waals surface area contributed by atoms with Crippen LogP contribution in [0.1, 0.15) is 51.0 Å². The smallest absolute Gasteiger partial charge is 0.194 e. The summed E-state index contributed by atoms with van der Waals surface area (Å²) < 4.78 is 7.08. The number of anilines is 1. The average Bonchev–Trinajstić information content (AvgIpc) is 3.18. The number of hydrogen-bond donors (Lipinski definition) is 2. The molecule has 6 fully saturated rings. The van der Waals surface area contributed by atoms with Gasteiger partial charge in [-0.15, -0.1) is 0 Å². The number of para-hydroxylation sites is 1. The van der Waals surface area contributed by atoms with Crippen molar-refractivity contribution in [1.29, 1.82) is 0 Å². The number of fused-ring (bicyclic) bond motifs is 2. The van der Waals surface area contributed by atoms with Crippen molar-refractivity contribution in [3.8, 4) is 0 Å². The number of nitrogens with zero attached hydrogens (tertiary/aromatic N) is 2. The van der Waals surface area contributed by atoms with Crippen molar-refractivity contribution in [2.75, 3.05) is 25.1 Å². The Kier molecular flexibility index (Phi) is 4.90. The molecule has 0 amide bonds. The molecule has 2 N–H and O–H groups in total. The fraction of sp³-hybridized carbons (Fsp3) is 0.769. The Morgan fingerprint density at radius 1 is 1.19 bits per heavy atom. The molecule has 5 unspecified atom stereocenters. The summed E-state index contributed by atoms with van der Waals surface area (Å²) in [5, 5.41) is 24.1. The molecule has 5 bridgehead atoms. The summed E-state index contributed by atoms with van der Waals surface area (Å²) in [4.78, 5) is 2.48. The SMILES string of the molecule is CC[C@H]1[C@@H]2CC3[C@@H]4N(C)c5ccccc5C45C[C@@H](C2[C@@H]5O)[N+]3(CC2CCCCO2)[C@@H]1O.[Br-]. The second-order valence-corrected chi connectivity index (χ2v) is 11.5. The molecule has 32 heavy (non-hydrogen) atoms. The number of benzene rings is 1. The van der Waals surface area contributed by atoms with Gasteiger partial charge in [-0.05, 0) is 43.2 Å². The van der Waals surface area contributed by atoms with E-state index >= 15 is 0 Å². The Hall–Kier alpha value is -0.660. The normalized spacial score (nSPS) is 52.0. The van der Waals surface area contributed by atoms with Gasteiger partial charge in [0.2, 0.25) is 0 Å². The van der Waals surface area contributed by atoms with E-state index in [9.17, 15) is 10.2 Å². The number of piperidine rings is 4. The first-order valence-corrected chi connectivity index (χ1v) is 12.7. The molecule has 5 saturated heterocycles. The lowest BCUT2D eigenvalue weighted by Crippen LogP contribution is -3.00. The third kappa shape index (κ3) is 2.25. The summed E-state index contributed by atoms with van der Waals surface area (Å²) in [6.07, 6.45) is 6.30. The van der Waals surface area contributed by atoms with Crippen molar-refractivity contribution >= 4 is 5.69 Å². The minimum Gasteiger partial charge on any atom is -1.00 e.